The van der Waals surface area contributed by atoms with E-state index in [1.165, 1.54) is 18.2 Å². The predicted molar refractivity (Wildman–Crippen MR) is 122 cm³/mol. The number of benzene rings is 2. The Morgan fingerprint density at radius 1 is 0.848 bits per heavy atom. The quantitative estimate of drug-likeness (QED) is 0.426. The van der Waals surface area contributed by atoms with Crippen molar-refractivity contribution in [2.45, 2.75) is 13.1 Å². The van der Waals surface area contributed by atoms with E-state index >= 15 is 0 Å². The van der Waals surface area contributed by atoms with E-state index in [9.17, 15) is 20.1 Å². The number of aromatic hydroxyl groups is 3. The smallest absolute Gasteiger partial charge is 0.201 e. The molecular weight excluding hydrogens is 424 g/mol. The fourth-order valence-electron chi connectivity index (χ4n) is 4.28. The lowest BCUT2D eigenvalue weighted by atomic mass is 10.0. The molecule has 2 aromatic carbocycles. The van der Waals surface area contributed by atoms with E-state index in [0.29, 0.717) is 23.4 Å². The van der Waals surface area contributed by atoms with E-state index < -0.39 is 0 Å². The number of fused-ring (bicyclic) bond motifs is 1. The molecule has 1 fully saturated rings. The second-order valence-corrected chi connectivity index (χ2v) is 8.31. The first-order valence-corrected chi connectivity index (χ1v) is 10.7. The predicted octanol–water partition coefficient (Wildman–Crippen LogP) is 3.49. The minimum absolute atomic E-state index is 0.0453. The van der Waals surface area contributed by atoms with Crippen molar-refractivity contribution in [3.63, 3.8) is 0 Å². The van der Waals surface area contributed by atoms with Gasteiger partial charge >= 0.3 is 0 Å². The monoisotopic (exact) mass is 448 g/mol. The normalized spacial score (nSPS) is 15.3. The third kappa shape index (κ3) is 4.30. The third-order valence-electron chi connectivity index (χ3n) is 6.02. The lowest BCUT2D eigenvalue weighted by molar-refractivity contribution is 0.121. The highest BCUT2D eigenvalue weighted by atomic mass is 16.3. The van der Waals surface area contributed by atoms with Crippen LogP contribution in [-0.4, -0.2) is 51.3 Å². The SMILES string of the molecule is O=c1c(CN2CCN(Cc3ccoc3)CC2)c(-c2ccc(O)cc2)oc2cc(O)cc(O)c12. The summed E-state index contributed by atoms with van der Waals surface area (Å²) >= 11 is 0. The van der Waals surface area contributed by atoms with Gasteiger partial charge in [-0.3, -0.25) is 14.6 Å². The van der Waals surface area contributed by atoms with E-state index in [4.69, 9.17) is 8.83 Å². The van der Waals surface area contributed by atoms with Crippen molar-refractivity contribution in [1.29, 1.82) is 0 Å². The minimum atomic E-state index is -0.336. The highest BCUT2D eigenvalue weighted by Crippen LogP contribution is 2.33. The zero-order chi connectivity index (χ0) is 22.9. The Hall–Kier alpha value is -3.75. The summed E-state index contributed by atoms with van der Waals surface area (Å²) in [7, 11) is 0. The van der Waals surface area contributed by atoms with Crippen molar-refractivity contribution < 1.29 is 24.2 Å². The van der Waals surface area contributed by atoms with Crippen LogP contribution in [0, 0.1) is 0 Å². The molecule has 0 unspecified atom stereocenters. The summed E-state index contributed by atoms with van der Waals surface area (Å²) < 4.78 is 11.2. The lowest BCUT2D eigenvalue weighted by Crippen LogP contribution is -2.45. The number of hydrogen-bond acceptors (Lipinski definition) is 8. The van der Waals surface area contributed by atoms with E-state index in [1.54, 1.807) is 24.7 Å². The van der Waals surface area contributed by atoms with Gasteiger partial charge in [-0.2, -0.15) is 0 Å². The topological polar surface area (TPSA) is 111 Å². The molecule has 170 valence electrons. The van der Waals surface area contributed by atoms with E-state index in [0.717, 1.165) is 44.4 Å². The summed E-state index contributed by atoms with van der Waals surface area (Å²) in [5.41, 5.74) is 1.96. The molecule has 0 spiro atoms. The van der Waals surface area contributed by atoms with Crippen molar-refractivity contribution in [2.75, 3.05) is 26.2 Å². The summed E-state index contributed by atoms with van der Waals surface area (Å²) in [6, 6.07) is 10.8. The van der Waals surface area contributed by atoms with Crippen molar-refractivity contribution in [3.05, 3.63) is 76.3 Å². The van der Waals surface area contributed by atoms with E-state index in [2.05, 4.69) is 9.80 Å². The molecule has 1 aliphatic heterocycles. The number of piperazine rings is 1. The molecule has 3 N–H and O–H groups in total. The molecule has 2 aromatic heterocycles. The number of rotatable bonds is 5. The van der Waals surface area contributed by atoms with Gasteiger partial charge in [0, 0.05) is 62.5 Å². The highest BCUT2D eigenvalue weighted by molar-refractivity contribution is 5.87. The van der Waals surface area contributed by atoms with Gasteiger partial charge in [0.2, 0.25) is 5.43 Å². The van der Waals surface area contributed by atoms with Gasteiger partial charge in [-0.25, -0.2) is 0 Å². The Balaban J connectivity index is 1.47. The van der Waals surface area contributed by atoms with Gasteiger partial charge in [0.1, 0.15) is 34.0 Å². The van der Waals surface area contributed by atoms with Crippen LogP contribution in [-0.2, 0) is 13.1 Å². The van der Waals surface area contributed by atoms with Crippen LogP contribution in [0.5, 0.6) is 17.2 Å². The van der Waals surface area contributed by atoms with E-state index in [-0.39, 0.29) is 33.6 Å². The average molecular weight is 448 g/mol. The summed E-state index contributed by atoms with van der Waals surface area (Å²) in [6.07, 6.45) is 3.42. The number of phenolic OH excluding ortho intramolecular Hbond substituents is 3. The Kier molecular flexibility index (Phi) is 5.53. The number of nitrogens with zero attached hydrogens (tertiary/aromatic N) is 2. The van der Waals surface area contributed by atoms with Crippen LogP contribution >= 0.6 is 0 Å². The molecule has 0 bridgehead atoms. The molecule has 1 aliphatic rings. The van der Waals surface area contributed by atoms with Crippen LogP contribution in [0.15, 0.2) is 68.6 Å². The van der Waals surface area contributed by atoms with Gasteiger partial charge in [-0.05, 0) is 30.3 Å². The second-order valence-electron chi connectivity index (χ2n) is 8.31. The average Bonchev–Trinajstić information content (AvgIpc) is 3.30. The van der Waals surface area contributed by atoms with Gasteiger partial charge in [-0.15, -0.1) is 0 Å². The lowest BCUT2D eigenvalue weighted by Gasteiger charge is -2.34. The Morgan fingerprint density at radius 2 is 1.55 bits per heavy atom. The first-order valence-electron chi connectivity index (χ1n) is 10.7. The maximum atomic E-state index is 13.5. The molecule has 0 radical (unpaired) electrons. The first kappa shape index (κ1) is 21.1. The standard InChI is InChI=1S/C25H24N2O6/c28-18-3-1-17(2-4-18)25-20(24(31)23-21(30)11-19(29)12-22(23)33-25)14-27-8-6-26(7-9-27)13-16-5-10-32-15-16/h1-5,10-12,15,28-30H,6-9,13-14H2. The molecular formula is C25H24N2O6. The largest absolute Gasteiger partial charge is 0.508 e. The fourth-order valence-corrected chi connectivity index (χ4v) is 4.28. The van der Waals surface area contributed by atoms with Crippen molar-refractivity contribution in [2.24, 2.45) is 0 Å². The van der Waals surface area contributed by atoms with Crippen LogP contribution in [0.4, 0.5) is 0 Å². The molecule has 4 aromatic rings. The maximum absolute atomic E-state index is 13.5. The maximum Gasteiger partial charge on any atom is 0.201 e. The number of furan rings is 1. The molecule has 0 atom stereocenters. The molecule has 0 aliphatic carbocycles. The second kappa shape index (κ2) is 8.65. The van der Waals surface area contributed by atoms with Gasteiger partial charge < -0.3 is 24.2 Å². The van der Waals surface area contributed by atoms with Crippen molar-refractivity contribution in [3.8, 4) is 28.6 Å². The van der Waals surface area contributed by atoms with Gasteiger partial charge in [0.25, 0.3) is 0 Å². The van der Waals surface area contributed by atoms with Crippen molar-refractivity contribution in [1.82, 2.24) is 9.80 Å². The zero-order valence-electron chi connectivity index (χ0n) is 17.9. The molecule has 1 saturated heterocycles. The summed E-state index contributed by atoms with van der Waals surface area (Å²) in [4.78, 5) is 18.0. The summed E-state index contributed by atoms with van der Waals surface area (Å²) in [5, 5.41) is 29.9. The van der Waals surface area contributed by atoms with Gasteiger partial charge in [-0.1, -0.05) is 0 Å². The molecule has 8 heteroatoms. The molecule has 8 nitrogen and oxygen atoms in total. The van der Waals surface area contributed by atoms with E-state index in [1.807, 2.05) is 6.07 Å². The molecule has 0 amide bonds. The number of hydrogen-bond donors (Lipinski definition) is 3. The Morgan fingerprint density at radius 3 is 2.21 bits per heavy atom. The summed E-state index contributed by atoms with van der Waals surface area (Å²) in [6.45, 7) is 4.40. The van der Waals surface area contributed by atoms with Crippen LogP contribution in [0.3, 0.4) is 0 Å². The van der Waals surface area contributed by atoms with Crippen LogP contribution < -0.4 is 5.43 Å². The summed E-state index contributed by atoms with van der Waals surface area (Å²) in [5.74, 6) is -0.0470. The Bertz CT molecular complexity index is 1320. The molecule has 33 heavy (non-hydrogen) atoms. The first-order chi connectivity index (χ1) is 16.0. The molecule has 0 saturated carbocycles. The van der Waals surface area contributed by atoms with Crippen LogP contribution in [0.1, 0.15) is 11.1 Å². The van der Waals surface area contributed by atoms with Crippen LogP contribution in [0.25, 0.3) is 22.3 Å². The Labute approximate surface area is 189 Å². The minimum Gasteiger partial charge on any atom is -0.508 e. The molecule has 5 rings (SSSR count). The van der Waals surface area contributed by atoms with Crippen LogP contribution in [0.2, 0.25) is 0 Å². The fraction of sp³-hybridized carbons (Fsp3) is 0.240. The zero-order valence-corrected chi connectivity index (χ0v) is 17.9. The van der Waals surface area contributed by atoms with Gasteiger partial charge in [0.15, 0.2) is 0 Å². The third-order valence-corrected chi connectivity index (χ3v) is 6.02. The van der Waals surface area contributed by atoms with Crippen molar-refractivity contribution >= 4 is 11.0 Å². The molecule has 3 heterocycles. The highest BCUT2D eigenvalue weighted by Gasteiger charge is 2.24. The van der Waals surface area contributed by atoms with Gasteiger partial charge in [0.05, 0.1) is 18.1 Å². The number of phenols is 3.